The van der Waals surface area contributed by atoms with E-state index >= 15 is 0 Å². The fraction of sp³-hybridized carbons (Fsp3) is 0.250. The van der Waals surface area contributed by atoms with E-state index in [0.29, 0.717) is 17.0 Å². The van der Waals surface area contributed by atoms with E-state index < -0.39 is 5.91 Å². The van der Waals surface area contributed by atoms with Crippen molar-refractivity contribution in [1.82, 2.24) is 5.32 Å². The molecule has 1 aromatic rings. The van der Waals surface area contributed by atoms with Crippen molar-refractivity contribution in [2.24, 2.45) is 0 Å². The first-order valence-electron chi connectivity index (χ1n) is 5.21. The number of nitrogen functional groups attached to an aromatic ring is 1. The summed E-state index contributed by atoms with van der Waals surface area (Å²) in [4.78, 5) is 22.6. The summed E-state index contributed by atoms with van der Waals surface area (Å²) in [5.74, 6) is -0.332. The number of carbonyl (C=O) groups excluding carboxylic acids is 2. The van der Waals surface area contributed by atoms with Crippen molar-refractivity contribution in [1.29, 1.82) is 5.26 Å². The van der Waals surface area contributed by atoms with E-state index in [9.17, 15) is 9.59 Å². The van der Waals surface area contributed by atoms with Crippen LogP contribution in [-0.2, 0) is 4.79 Å². The maximum atomic E-state index is 11.4. The number of hydrogen-bond acceptors (Lipinski definition) is 5. The maximum absolute atomic E-state index is 11.4. The summed E-state index contributed by atoms with van der Waals surface area (Å²) in [5, 5.41) is 10.6. The van der Waals surface area contributed by atoms with Gasteiger partial charge in [-0.2, -0.15) is 5.26 Å². The van der Waals surface area contributed by atoms with Gasteiger partial charge in [-0.25, -0.2) is 0 Å². The van der Waals surface area contributed by atoms with Gasteiger partial charge in [-0.1, -0.05) is 0 Å². The van der Waals surface area contributed by atoms with Crippen LogP contribution in [-0.4, -0.2) is 24.8 Å². The first-order chi connectivity index (χ1) is 8.54. The molecule has 0 aliphatic heterocycles. The van der Waals surface area contributed by atoms with Gasteiger partial charge in [0, 0.05) is 5.69 Å². The summed E-state index contributed by atoms with van der Waals surface area (Å²) in [6.45, 7) is 1.05. The molecule has 0 bridgehead atoms. The van der Waals surface area contributed by atoms with E-state index in [-0.39, 0.29) is 18.9 Å². The second kappa shape index (κ2) is 6.25. The van der Waals surface area contributed by atoms with Crippen molar-refractivity contribution >= 4 is 17.4 Å². The monoisotopic (exact) mass is 247 g/mol. The van der Waals surface area contributed by atoms with Crippen molar-refractivity contribution in [3.05, 3.63) is 23.8 Å². The molecule has 94 valence electrons. The quantitative estimate of drug-likeness (QED) is 0.447. The summed E-state index contributed by atoms with van der Waals surface area (Å²) >= 11 is 0. The molecule has 0 unspecified atom stereocenters. The minimum absolute atomic E-state index is 0.0799. The number of amides is 1. The van der Waals surface area contributed by atoms with Crippen LogP contribution in [0.2, 0.25) is 0 Å². The molecule has 1 amide bonds. The van der Waals surface area contributed by atoms with Crippen molar-refractivity contribution in [3.8, 4) is 11.8 Å². The molecular weight excluding hydrogens is 234 g/mol. The van der Waals surface area contributed by atoms with Gasteiger partial charge in [-0.3, -0.25) is 9.59 Å². The summed E-state index contributed by atoms with van der Waals surface area (Å²) in [7, 11) is 0. The van der Waals surface area contributed by atoms with Crippen molar-refractivity contribution in [2.45, 2.75) is 6.92 Å². The fourth-order valence-corrected chi connectivity index (χ4v) is 1.28. The van der Waals surface area contributed by atoms with Crippen LogP contribution in [0.5, 0.6) is 5.75 Å². The molecule has 0 aromatic heterocycles. The molecule has 0 heterocycles. The number of rotatable bonds is 5. The van der Waals surface area contributed by atoms with E-state index in [2.05, 4.69) is 5.32 Å². The molecule has 3 N–H and O–H groups in total. The lowest BCUT2D eigenvalue weighted by Crippen LogP contribution is -2.29. The second-order valence-electron chi connectivity index (χ2n) is 3.54. The highest BCUT2D eigenvalue weighted by atomic mass is 16.5. The van der Waals surface area contributed by atoms with E-state index in [1.807, 2.05) is 0 Å². The molecule has 0 radical (unpaired) electrons. The predicted octanol–water partition coefficient (Wildman–Crippen LogP) is 0.490. The van der Waals surface area contributed by atoms with Gasteiger partial charge in [-0.15, -0.1) is 0 Å². The minimum atomic E-state index is -0.428. The maximum Gasteiger partial charge on any atom is 0.258 e. The van der Waals surface area contributed by atoms with Gasteiger partial charge in [0.25, 0.3) is 5.91 Å². The lowest BCUT2D eigenvalue weighted by Gasteiger charge is -2.09. The number of nitrogens with one attached hydrogen (secondary N) is 1. The molecule has 18 heavy (non-hydrogen) atoms. The molecule has 0 saturated carbocycles. The van der Waals surface area contributed by atoms with Crippen LogP contribution in [0.15, 0.2) is 18.2 Å². The number of benzene rings is 1. The van der Waals surface area contributed by atoms with E-state index in [0.717, 1.165) is 0 Å². The van der Waals surface area contributed by atoms with E-state index in [1.54, 1.807) is 12.1 Å². The topological polar surface area (TPSA) is 105 Å². The second-order valence-corrected chi connectivity index (χ2v) is 3.54. The van der Waals surface area contributed by atoms with Crippen LogP contribution < -0.4 is 15.8 Å². The zero-order valence-electron chi connectivity index (χ0n) is 9.90. The molecule has 0 fully saturated rings. The van der Waals surface area contributed by atoms with Crippen LogP contribution in [0.4, 0.5) is 5.69 Å². The Labute approximate surface area is 104 Å². The number of carbonyl (C=O) groups is 2. The Morgan fingerprint density at radius 3 is 2.83 bits per heavy atom. The third-order valence-corrected chi connectivity index (χ3v) is 2.11. The number of anilines is 1. The Balaban J connectivity index is 2.70. The summed E-state index contributed by atoms with van der Waals surface area (Å²) in [6, 6.07) is 6.38. The highest BCUT2D eigenvalue weighted by Gasteiger charge is 2.10. The SMILES string of the molecule is CC(=O)c1cc(N)ccc1OCC(=O)NCC#N. The molecule has 1 aromatic carbocycles. The molecule has 1 rings (SSSR count). The number of Topliss-reactive ketones (excluding diaryl/α,β-unsaturated/α-hetero) is 1. The lowest BCUT2D eigenvalue weighted by molar-refractivity contribution is -0.122. The van der Waals surface area contributed by atoms with Crippen LogP contribution in [0.25, 0.3) is 0 Å². The van der Waals surface area contributed by atoms with Gasteiger partial charge in [0.05, 0.1) is 11.6 Å². The Morgan fingerprint density at radius 2 is 2.22 bits per heavy atom. The van der Waals surface area contributed by atoms with Gasteiger partial charge < -0.3 is 15.8 Å². The van der Waals surface area contributed by atoms with Crippen LogP contribution >= 0.6 is 0 Å². The van der Waals surface area contributed by atoms with Gasteiger partial charge in [0.2, 0.25) is 0 Å². The molecule has 0 aliphatic rings. The van der Waals surface area contributed by atoms with Crippen molar-refractivity contribution < 1.29 is 14.3 Å². The standard InChI is InChI=1S/C12H13N3O3/c1-8(16)10-6-9(14)2-3-11(10)18-7-12(17)15-5-4-13/h2-3,6H,5,7,14H2,1H3,(H,15,17). The van der Waals surface area contributed by atoms with Gasteiger partial charge >= 0.3 is 0 Å². The third-order valence-electron chi connectivity index (χ3n) is 2.11. The lowest BCUT2D eigenvalue weighted by atomic mass is 10.1. The third kappa shape index (κ3) is 3.79. The Hall–Kier alpha value is -2.55. The van der Waals surface area contributed by atoms with E-state index in [1.165, 1.54) is 19.1 Å². The molecular formula is C12H13N3O3. The van der Waals surface area contributed by atoms with Crippen LogP contribution in [0, 0.1) is 11.3 Å². The fourth-order valence-electron chi connectivity index (χ4n) is 1.28. The largest absolute Gasteiger partial charge is 0.483 e. The average molecular weight is 247 g/mol. The first-order valence-corrected chi connectivity index (χ1v) is 5.21. The summed E-state index contributed by atoms with van der Waals surface area (Å²) < 4.78 is 5.21. The average Bonchev–Trinajstić information content (AvgIpc) is 2.34. The minimum Gasteiger partial charge on any atom is -0.483 e. The molecule has 0 aliphatic carbocycles. The van der Waals surface area contributed by atoms with Crippen LogP contribution in [0.3, 0.4) is 0 Å². The van der Waals surface area contributed by atoms with Gasteiger partial charge in [0.15, 0.2) is 12.4 Å². The molecule has 6 heteroatoms. The molecule has 6 nitrogen and oxygen atoms in total. The summed E-state index contributed by atoms with van der Waals surface area (Å²) in [5.41, 5.74) is 6.33. The zero-order valence-corrected chi connectivity index (χ0v) is 9.90. The van der Waals surface area contributed by atoms with Gasteiger partial charge in [-0.05, 0) is 25.1 Å². The predicted molar refractivity (Wildman–Crippen MR) is 65.0 cm³/mol. The highest BCUT2D eigenvalue weighted by Crippen LogP contribution is 2.21. The summed E-state index contributed by atoms with van der Waals surface area (Å²) in [6.07, 6.45) is 0. The number of nitrogens with two attached hydrogens (primary N) is 1. The molecule has 0 spiro atoms. The number of hydrogen-bond donors (Lipinski definition) is 2. The highest BCUT2D eigenvalue weighted by molar-refractivity contribution is 5.97. The van der Waals surface area contributed by atoms with Crippen LogP contribution in [0.1, 0.15) is 17.3 Å². The number of ether oxygens (including phenoxy) is 1. The zero-order chi connectivity index (χ0) is 13.5. The number of nitrogens with zero attached hydrogens (tertiary/aromatic N) is 1. The number of ketones is 1. The van der Waals surface area contributed by atoms with Crippen molar-refractivity contribution in [2.75, 3.05) is 18.9 Å². The molecule has 0 atom stereocenters. The van der Waals surface area contributed by atoms with E-state index in [4.69, 9.17) is 15.7 Å². The van der Waals surface area contributed by atoms with Gasteiger partial charge in [0.1, 0.15) is 12.3 Å². The first kappa shape index (κ1) is 13.5. The Bertz CT molecular complexity index is 506. The Kier molecular flexibility index (Phi) is 4.69. The Morgan fingerprint density at radius 1 is 1.50 bits per heavy atom. The van der Waals surface area contributed by atoms with Crippen molar-refractivity contribution in [3.63, 3.8) is 0 Å². The number of nitriles is 1. The normalized spacial score (nSPS) is 9.33. The smallest absolute Gasteiger partial charge is 0.258 e. The molecule has 0 saturated heterocycles.